The number of amides is 2. The average Bonchev–Trinajstić information content (AvgIpc) is 3.20. The molecule has 1 fully saturated rings. The molecule has 3 aromatic rings. The van der Waals surface area contributed by atoms with Crippen LogP contribution in [0.15, 0.2) is 36.7 Å². The zero-order chi connectivity index (χ0) is 20.6. The lowest BCUT2D eigenvalue weighted by Crippen LogP contribution is -2.42. The molecule has 150 valence electrons. The molecule has 0 aliphatic heterocycles. The molecule has 4 rings (SSSR count). The van der Waals surface area contributed by atoms with E-state index in [2.05, 4.69) is 31.4 Å². The molecule has 0 saturated heterocycles. The summed E-state index contributed by atoms with van der Waals surface area (Å²) < 4.78 is 40.4. The van der Waals surface area contributed by atoms with E-state index < -0.39 is 23.6 Å². The Bertz CT molecular complexity index is 1060. The number of hydrogen-bond donors (Lipinski definition) is 3. The number of aromatic nitrogens is 5. The summed E-state index contributed by atoms with van der Waals surface area (Å²) in [6, 6.07) is 4.72. The van der Waals surface area contributed by atoms with Crippen LogP contribution in [0.3, 0.4) is 0 Å². The molecule has 9 nitrogen and oxygen atoms in total. The summed E-state index contributed by atoms with van der Waals surface area (Å²) in [5, 5.41) is 13.5. The number of benzene rings is 1. The van der Waals surface area contributed by atoms with Gasteiger partial charge in [0.15, 0.2) is 5.69 Å². The number of nitrogens with one attached hydrogen (secondary N) is 3. The molecule has 0 atom stereocenters. The van der Waals surface area contributed by atoms with Crippen LogP contribution in [0, 0.1) is 0 Å². The maximum atomic E-state index is 13.0. The minimum atomic E-state index is -4.49. The van der Waals surface area contributed by atoms with Crippen LogP contribution in [0.25, 0.3) is 5.69 Å². The SMILES string of the molecule is O=C(NNC(=O)c1cnn(-c2cccc(C(F)(F)F)c2)c1C1CC1)c1cn[nH]n1. The number of H-pyrrole nitrogens is 1. The Kier molecular flexibility index (Phi) is 4.53. The van der Waals surface area contributed by atoms with Crippen LogP contribution < -0.4 is 10.9 Å². The molecular weight excluding hydrogens is 391 g/mol. The first-order valence-corrected chi connectivity index (χ1v) is 8.56. The summed E-state index contributed by atoms with van der Waals surface area (Å²) in [6.45, 7) is 0. The van der Waals surface area contributed by atoms with E-state index in [0.29, 0.717) is 5.69 Å². The number of halogens is 3. The second-order valence-electron chi connectivity index (χ2n) is 6.44. The zero-order valence-electron chi connectivity index (χ0n) is 14.7. The lowest BCUT2D eigenvalue weighted by atomic mass is 10.1. The van der Waals surface area contributed by atoms with Crippen molar-refractivity contribution in [3.63, 3.8) is 0 Å². The van der Waals surface area contributed by atoms with E-state index in [1.54, 1.807) is 0 Å². The van der Waals surface area contributed by atoms with Crippen LogP contribution in [0.1, 0.15) is 50.9 Å². The van der Waals surface area contributed by atoms with Gasteiger partial charge in [0.25, 0.3) is 11.8 Å². The Labute approximate surface area is 161 Å². The quantitative estimate of drug-likeness (QED) is 0.574. The first kappa shape index (κ1) is 18.7. The predicted octanol–water partition coefficient (Wildman–Crippen LogP) is 1.96. The van der Waals surface area contributed by atoms with Crippen molar-refractivity contribution >= 4 is 11.8 Å². The van der Waals surface area contributed by atoms with Gasteiger partial charge in [-0.25, -0.2) is 4.68 Å². The van der Waals surface area contributed by atoms with Crippen LogP contribution in [0.2, 0.25) is 0 Å². The molecule has 29 heavy (non-hydrogen) atoms. The number of rotatable bonds is 4. The van der Waals surface area contributed by atoms with Gasteiger partial charge in [0.05, 0.1) is 34.9 Å². The molecule has 2 aromatic heterocycles. The standard InChI is InChI=1S/C17H14F3N7O2/c18-17(19,20)10-2-1-3-11(6-10)27-14(9-4-5-9)12(7-22-27)15(28)24-25-16(29)13-8-21-26-23-13/h1-3,6-9H,4-5H2,(H,24,28)(H,25,29)(H,21,23,26). The van der Waals surface area contributed by atoms with E-state index in [0.717, 1.165) is 25.0 Å². The lowest BCUT2D eigenvalue weighted by Gasteiger charge is -2.12. The highest BCUT2D eigenvalue weighted by Gasteiger charge is 2.34. The molecule has 3 N–H and O–H groups in total. The van der Waals surface area contributed by atoms with E-state index in [4.69, 9.17) is 0 Å². The molecule has 0 bridgehead atoms. The molecule has 2 heterocycles. The molecule has 2 amide bonds. The van der Waals surface area contributed by atoms with E-state index in [1.165, 1.54) is 29.2 Å². The molecule has 1 saturated carbocycles. The van der Waals surface area contributed by atoms with Crippen molar-refractivity contribution in [1.82, 2.24) is 36.0 Å². The van der Waals surface area contributed by atoms with Crippen molar-refractivity contribution in [1.29, 1.82) is 0 Å². The van der Waals surface area contributed by atoms with Crippen LogP contribution in [0.5, 0.6) is 0 Å². The first-order chi connectivity index (χ1) is 13.8. The summed E-state index contributed by atoms with van der Waals surface area (Å²) in [4.78, 5) is 24.4. The van der Waals surface area contributed by atoms with E-state index in [-0.39, 0.29) is 22.9 Å². The van der Waals surface area contributed by atoms with Crippen LogP contribution >= 0.6 is 0 Å². The molecule has 1 aliphatic carbocycles. The summed E-state index contributed by atoms with van der Waals surface area (Å²) in [6.07, 6.45) is -0.463. The number of hydrogen-bond acceptors (Lipinski definition) is 5. The molecule has 1 aliphatic rings. The third kappa shape index (κ3) is 3.81. The monoisotopic (exact) mass is 405 g/mol. The van der Waals surface area contributed by atoms with Crippen molar-refractivity contribution in [2.75, 3.05) is 0 Å². The largest absolute Gasteiger partial charge is 0.416 e. The second-order valence-corrected chi connectivity index (χ2v) is 6.44. The van der Waals surface area contributed by atoms with Crippen molar-refractivity contribution in [3.05, 3.63) is 59.2 Å². The van der Waals surface area contributed by atoms with E-state index in [9.17, 15) is 22.8 Å². The summed E-state index contributed by atoms with van der Waals surface area (Å²) >= 11 is 0. The predicted molar refractivity (Wildman–Crippen MR) is 91.9 cm³/mol. The van der Waals surface area contributed by atoms with E-state index >= 15 is 0 Å². The normalized spacial score (nSPS) is 13.9. The lowest BCUT2D eigenvalue weighted by molar-refractivity contribution is -0.137. The molecule has 0 unspecified atom stereocenters. The average molecular weight is 405 g/mol. The Morgan fingerprint density at radius 3 is 2.55 bits per heavy atom. The number of carbonyl (C=O) groups is 2. The van der Waals surface area contributed by atoms with Crippen LogP contribution in [-0.2, 0) is 6.18 Å². The fourth-order valence-corrected chi connectivity index (χ4v) is 2.86. The summed E-state index contributed by atoms with van der Waals surface area (Å²) in [5.74, 6) is -1.31. The Balaban J connectivity index is 1.59. The van der Waals surface area contributed by atoms with Gasteiger partial charge >= 0.3 is 6.18 Å². The molecule has 1 aromatic carbocycles. The molecule has 0 spiro atoms. The Morgan fingerprint density at radius 1 is 1.14 bits per heavy atom. The van der Waals surface area contributed by atoms with Gasteiger partial charge in [0.1, 0.15) is 0 Å². The molecule has 12 heteroatoms. The highest BCUT2D eigenvalue weighted by Crippen LogP contribution is 2.42. The number of carbonyl (C=O) groups excluding carboxylic acids is 2. The van der Waals surface area contributed by atoms with Crippen LogP contribution in [-0.4, -0.2) is 37.0 Å². The maximum Gasteiger partial charge on any atom is 0.416 e. The van der Waals surface area contributed by atoms with Gasteiger partial charge in [-0.2, -0.15) is 33.7 Å². The Morgan fingerprint density at radius 2 is 1.90 bits per heavy atom. The fraction of sp³-hybridized carbons (Fsp3) is 0.235. The van der Waals surface area contributed by atoms with Gasteiger partial charge in [-0.05, 0) is 31.0 Å². The minimum Gasteiger partial charge on any atom is -0.267 e. The summed E-state index contributed by atoms with van der Waals surface area (Å²) in [7, 11) is 0. The summed E-state index contributed by atoms with van der Waals surface area (Å²) in [5.41, 5.74) is 4.50. The molecular formula is C17H14F3N7O2. The third-order valence-corrected chi connectivity index (χ3v) is 4.37. The number of aromatic amines is 1. The van der Waals surface area contributed by atoms with Gasteiger partial charge in [-0.15, -0.1) is 0 Å². The highest BCUT2D eigenvalue weighted by molar-refractivity contribution is 5.98. The highest BCUT2D eigenvalue weighted by atomic mass is 19.4. The minimum absolute atomic E-state index is 0.000894. The zero-order valence-corrected chi connectivity index (χ0v) is 14.7. The van der Waals surface area contributed by atoms with E-state index in [1.807, 2.05) is 0 Å². The van der Waals surface area contributed by atoms with Gasteiger partial charge in [0.2, 0.25) is 0 Å². The molecule has 0 radical (unpaired) electrons. The second kappa shape index (κ2) is 7.04. The van der Waals surface area contributed by atoms with Crippen molar-refractivity contribution in [3.8, 4) is 5.69 Å². The van der Waals surface area contributed by atoms with Gasteiger partial charge in [-0.3, -0.25) is 20.4 Å². The van der Waals surface area contributed by atoms with Gasteiger partial charge < -0.3 is 0 Å². The van der Waals surface area contributed by atoms with Gasteiger partial charge in [0, 0.05) is 5.92 Å². The number of alkyl halides is 3. The third-order valence-electron chi connectivity index (χ3n) is 4.37. The van der Waals surface area contributed by atoms with Crippen molar-refractivity contribution < 1.29 is 22.8 Å². The first-order valence-electron chi connectivity index (χ1n) is 8.56. The van der Waals surface area contributed by atoms with Crippen molar-refractivity contribution in [2.45, 2.75) is 24.9 Å². The topological polar surface area (TPSA) is 118 Å². The van der Waals surface area contributed by atoms with Crippen molar-refractivity contribution in [2.24, 2.45) is 0 Å². The van der Waals surface area contributed by atoms with Crippen LogP contribution in [0.4, 0.5) is 13.2 Å². The Hall–Kier alpha value is -3.70. The smallest absolute Gasteiger partial charge is 0.267 e. The maximum absolute atomic E-state index is 13.0. The number of hydrazine groups is 1. The van der Waals surface area contributed by atoms with Gasteiger partial charge in [-0.1, -0.05) is 6.07 Å². The fourth-order valence-electron chi connectivity index (χ4n) is 2.86. The number of nitrogens with zero attached hydrogens (tertiary/aromatic N) is 4.